The molecule has 0 bridgehead atoms. The topological polar surface area (TPSA) is 58.8 Å². The molecule has 0 radical (unpaired) electrons. The third kappa shape index (κ3) is 4.43. The van der Waals surface area contributed by atoms with Gasteiger partial charge in [0.05, 0.1) is 0 Å². The van der Waals surface area contributed by atoms with Crippen LogP contribution in [-0.2, 0) is 4.79 Å². The zero-order chi connectivity index (χ0) is 15.4. The molecule has 1 aromatic carbocycles. The largest absolute Gasteiger partial charge is 0.483 e. The summed E-state index contributed by atoms with van der Waals surface area (Å²) in [5.41, 5.74) is 6.84. The Morgan fingerprint density at radius 1 is 1.38 bits per heavy atom. The average molecular weight is 356 g/mol. The molecule has 1 aliphatic heterocycles. The monoisotopic (exact) mass is 355 g/mol. The number of likely N-dealkylation sites (N-methyl/N-ethyl adjacent to an activating group) is 1. The first-order chi connectivity index (χ1) is 9.97. The maximum atomic E-state index is 12.2. The Hall–Kier alpha value is -1.11. The van der Waals surface area contributed by atoms with Crippen LogP contribution in [-0.4, -0.2) is 55.5 Å². The maximum Gasteiger partial charge on any atom is 0.260 e. The van der Waals surface area contributed by atoms with Crippen LogP contribution in [0.2, 0.25) is 0 Å². The second kappa shape index (κ2) is 7.24. The molecule has 1 saturated heterocycles. The van der Waals surface area contributed by atoms with E-state index in [-0.39, 0.29) is 18.6 Å². The Bertz CT molecular complexity index is 500. The number of hydrogen-bond donors (Lipinski definition) is 1. The molecule has 5 nitrogen and oxygen atoms in total. The SMILES string of the molecule is C[C@@H](N)c1ccc(Br)cc1OCC(=O)N1CCN(C)CC1. The van der Waals surface area contributed by atoms with Crippen molar-refractivity contribution in [1.82, 2.24) is 9.80 Å². The van der Waals surface area contributed by atoms with Crippen molar-refractivity contribution in [3.05, 3.63) is 28.2 Å². The van der Waals surface area contributed by atoms with Gasteiger partial charge in [0, 0.05) is 42.3 Å². The summed E-state index contributed by atoms with van der Waals surface area (Å²) in [4.78, 5) is 16.2. The van der Waals surface area contributed by atoms with E-state index in [2.05, 4.69) is 27.9 Å². The lowest BCUT2D eigenvalue weighted by Crippen LogP contribution is -2.48. The van der Waals surface area contributed by atoms with Crippen LogP contribution in [0.15, 0.2) is 22.7 Å². The van der Waals surface area contributed by atoms with Gasteiger partial charge in [-0.15, -0.1) is 0 Å². The second-order valence-electron chi connectivity index (χ2n) is 5.44. The van der Waals surface area contributed by atoms with Crippen molar-refractivity contribution in [2.45, 2.75) is 13.0 Å². The van der Waals surface area contributed by atoms with Gasteiger partial charge < -0.3 is 20.3 Å². The number of carbonyl (C=O) groups excluding carboxylic acids is 1. The van der Waals surface area contributed by atoms with E-state index in [1.165, 1.54) is 0 Å². The van der Waals surface area contributed by atoms with Crippen LogP contribution in [0.4, 0.5) is 0 Å². The lowest BCUT2D eigenvalue weighted by atomic mass is 10.1. The van der Waals surface area contributed by atoms with Gasteiger partial charge in [-0.3, -0.25) is 4.79 Å². The Morgan fingerprint density at radius 2 is 2.05 bits per heavy atom. The Morgan fingerprint density at radius 3 is 2.67 bits per heavy atom. The van der Waals surface area contributed by atoms with E-state index >= 15 is 0 Å². The molecule has 1 heterocycles. The number of hydrogen-bond acceptors (Lipinski definition) is 4. The van der Waals surface area contributed by atoms with Gasteiger partial charge in [0.15, 0.2) is 6.61 Å². The summed E-state index contributed by atoms with van der Waals surface area (Å²) in [6, 6.07) is 5.57. The number of piperazine rings is 1. The third-order valence-corrected chi connectivity index (χ3v) is 4.17. The summed E-state index contributed by atoms with van der Waals surface area (Å²) >= 11 is 3.41. The van der Waals surface area contributed by atoms with E-state index in [9.17, 15) is 4.79 Å². The summed E-state index contributed by atoms with van der Waals surface area (Å²) in [5.74, 6) is 0.695. The van der Waals surface area contributed by atoms with Crippen molar-refractivity contribution >= 4 is 21.8 Å². The Balaban J connectivity index is 1.96. The van der Waals surface area contributed by atoms with Crippen LogP contribution in [0.5, 0.6) is 5.75 Å². The van der Waals surface area contributed by atoms with E-state index in [1.54, 1.807) is 0 Å². The first kappa shape index (κ1) is 16.3. The average Bonchev–Trinajstić information content (AvgIpc) is 2.45. The maximum absolute atomic E-state index is 12.2. The minimum Gasteiger partial charge on any atom is -0.483 e. The number of carbonyl (C=O) groups is 1. The van der Waals surface area contributed by atoms with Gasteiger partial charge >= 0.3 is 0 Å². The van der Waals surface area contributed by atoms with Crippen molar-refractivity contribution in [1.29, 1.82) is 0 Å². The van der Waals surface area contributed by atoms with Gasteiger partial charge in [-0.1, -0.05) is 22.0 Å². The molecule has 0 spiro atoms. The zero-order valence-electron chi connectivity index (χ0n) is 12.5. The van der Waals surface area contributed by atoms with Crippen LogP contribution in [0.25, 0.3) is 0 Å². The van der Waals surface area contributed by atoms with Gasteiger partial charge in [0.25, 0.3) is 5.91 Å². The molecule has 0 aromatic heterocycles. The highest BCUT2D eigenvalue weighted by atomic mass is 79.9. The van der Waals surface area contributed by atoms with E-state index in [1.807, 2.05) is 30.0 Å². The predicted octanol–water partition coefficient (Wildman–Crippen LogP) is 1.62. The number of nitrogens with two attached hydrogens (primary N) is 1. The van der Waals surface area contributed by atoms with Gasteiger partial charge in [-0.2, -0.15) is 0 Å². The molecular formula is C15H22BrN3O2. The first-order valence-electron chi connectivity index (χ1n) is 7.11. The molecule has 1 aliphatic rings. The van der Waals surface area contributed by atoms with E-state index in [0.29, 0.717) is 5.75 Å². The fourth-order valence-electron chi connectivity index (χ4n) is 2.30. The lowest BCUT2D eigenvalue weighted by molar-refractivity contribution is -0.134. The molecule has 0 unspecified atom stereocenters. The van der Waals surface area contributed by atoms with Crippen LogP contribution in [0.3, 0.4) is 0 Å². The fraction of sp³-hybridized carbons (Fsp3) is 0.533. The molecule has 1 atom stereocenters. The van der Waals surface area contributed by atoms with Crippen LogP contribution in [0.1, 0.15) is 18.5 Å². The molecule has 6 heteroatoms. The van der Waals surface area contributed by atoms with E-state index in [0.717, 1.165) is 36.2 Å². The summed E-state index contributed by atoms with van der Waals surface area (Å²) in [5, 5.41) is 0. The minimum absolute atomic E-state index is 0.0266. The van der Waals surface area contributed by atoms with Crippen molar-refractivity contribution in [2.24, 2.45) is 5.73 Å². The molecule has 0 saturated carbocycles. The highest BCUT2D eigenvalue weighted by molar-refractivity contribution is 9.10. The predicted molar refractivity (Wildman–Crippen MR) is 86.3 cm³/mol. The van der Waals surface area contributed by atoms with E-state index in [4.69, 9.17) is 10.5 Å². The molecule has 21 heavy (non-hydrogen) atoms. The molecule has 2 N–H and O–H groups in total. The molecule has 116 valence electrons. The Kier molecular flexibility index (Phi) is 5.61. The third-order valence-electron chi connectivity index (χ3n) is 3.67. The minimum atomic E-state index is -0.133. The smallest absolute Gasteiger partial charge is 0.260 e. The van der Waals surface area contributed by atoms with Crippen molar-refractivity contribution in [2.75, 3.05) is 39.8 Å². The van der Waals surface area contributed by atoms with Crippen LogP contribution >= 0.6 is 15.9 Å². The zero-order valence-corrected chi connectivity index (χ0v) is 14.1. The standard InChI is InChI=1S/C15H22BrN3O2/c1-11(17)13-4-3-12(16)9-14(13)21-10-15(20)19-7-5-18(2)6-8-19/h3-4,9,11H,5-8,10,17H2,1-2H3/t11-/m1/s1. The Labute approximate surface area is 134 Å². The van der Waals surface area contributed by atoms with Crippen LogP contribution < -0.4 is 10.5 Å². The summed E-state index contributed by atoms with van der Waals surface area (Å²) in [6.07, 6.45) is 0. The number of benzene rings is 1. The number of rotatable bonds is 4. The van der Waals surface area contributed by atoms with Crippen LogP contribution in [0, 0.1) is 0 Å². The number of amides is 1. The van der Waals surface area contributed by atoms with Gasteiger partial charge in [-0.05, 0) is 26.1 Å². The number of nitrogens with zero attached hydrogens (tertiary/aromatic N) is 2. The highest BCUT2D eigenvalue weighted by Gasteiger charge is 2.20. The van der Waals surface area contributed by atoms with Crippen molar-refractivity contribution in [3.8, 4) is 5.75 Å². The fourth-order valence-corrected chi connectivity index (χ4v) is 2.64. The molecular weight excluding hydrogens is 334 g/mol. The number of ether oxygens (including phenoxy) is 1. The second-order valence-corrected chi connectivity index (χ2v) is 6.36. The van der Waals surface area contributed by atoms with E-state index < -0.39 is 0 Å². The quantitative estimate of drug-likeness (QED) is 0.891. The summed E-state index contributed by atoms with van der Waals surface area (Å²) in [7, 11) is 2.06. The molecule has 1 fully saturated rings. The highest BCUT2D eigenvalue weighted by Crippen LogP contribution is 2.27. The molecule has 2 rings (SSSR count). The van der Waals surface area contributed by atoms with Crippen molar-refractivity contribution in [3.63, 3.8) is 0 Å². The van der Waals surface area contributed by atoms with Gasteiger partial charge in [0.1, 0.15) is 5.75 Å². The van der Waals surface area contributed by atoms with Gasteiger partial charge in [-0.25, -0.2) is 0 Å². The molecule has 1 amide bonds. The van der Waals surface area contributed by atoms with Gasteiger partial charge in [0.2, 0.25) is 0 Å². The first-order valence-corrected chi connectivity index (χ1v) is 7.91. The normalized spacial score (nSPS) is 17.6. The van der Waals surface area contributed by atoms with Crippen molar-refractivity contribution < 1.29 is 9.53 Å². The number of halogens is 1. The lowest BCUT2D eigenvalue weighted by Gasteiger charge is -2.32. The molecule has 0 aliphatic carbocycles. The summed E-state index contributed by atoms with van der Waals surface area (Å²) < 4.78 is 6.62. The summed E-state index contributed by atoms with van der Waals surface area (Å²) in [6.45, 7) is 5.30. The molecule has 1 aromatic rings.